The zero-order valence-corrected chi connectivity index (χ0v) is 14.1. The molecule has 1 aromatic rings. The molecule has 0 bridgehead atoms. The molecule has 1 saturated heterocycles. The average molecular weight is 372 g/mol. The van der Waals surface area contributed by atoms with Crippen molar-refractivity contribution in [3.8, 4) is 11.5 Å². The van der Waals surface area contributed by atoms with Crippen molar-refractivity contribution in [1.29, 1.82) is 0 Å². The highest BCUT2D eigenvalue weighted by molar-refractivity contribution is 8.93. The van der Waals surface area contributed by atoms with Gasteiger partial charge in [-0.05, 0) is 25.0 Å². The number of nitrogens with zero attached hydrogens (tertiary/aromatic N) is 1. The summed E-state index contributed by atoms with van der Waals surface area (Å²) in [7, 11) is 0. The molecule has 1 aromatic carbocycles. The van der Waals surface area contributed by atoms with E-state index < -0.39 is 0 Å². The molecule has 22 heavy (non-hydrogen) atoms. The topological polar surface area (TPSA) is 78.1 Å². The number of nitrogens with one attached hydrogen (secondary N) is 1. The van der Waals surface area contributed by atoms with Crippen LogP contribution in [0, 0.1) is 0 Å². The second-order valence-electron chi connectivity index (χ2n) is 5.24. The van der Waals surface area contributed by atoms with Gasteiger partial charge in [-0.25, -0.2) is 0 Å². The van der Waals surface area contributed by atoms with Gasteiger partial charge in [0, 0.05) is 6.61 Å². The van der Waals surface area contributed by atoms with Crippen molar-refractivity contribution < 1.29 is 14.2 Å². The number of halogens is 1. The Balaban J connectivity index is 0.00000176. The third-order valence-corrected chi connectivity index (χ3v) is 3.57. The van der Waals surface area contributed by atoms with Gasteiger partial charge in [-0.1, -0.05) is 12.1 Å². The maximum absolute atomic E-state index is 5.85. The van der Waals surface area contributed by atoms with Crippen LogP contribution in [0.25, 0.3) is 0 Å². The molecule has 2 atom stereocenters. The molecule has 7 heteroatoms. The van der Waals surface area contributed by atoms with Gasteiger partial charge in [0.15, 0.2) is 17.5 Å². The van der Waals surface area contributed by atoms with Gasteiger partial charge >= 0.3 is 0 Å². The van der Waals surface area contributed by atoms with Gasteiger partial charge < -0.3 is 25.3 Å². The second-order valence-corrected chi connectivity index (χ2v) is 5.24. The Bertz CT molecular complexity index is 507. The first-order chi connectivity index (χ1) is 10.3. The molecule has 0 aliphatic carbocycles. The van der Waals surface area contributed by atoms with E-state index in [4.69, 9.17) is 19.9 Å². The standard InChI is InChI=1S/C15H21N3O3.BrH/c16-15(17-8-11-4-3-7-19-11)18-9-12-10-20-13-5-1-2-6-14(13)21-12;/h1-2,5-6,11-12H,3-4,7-10H2,(H3,16,17,18);1H. The van der Waals surface area contributed by atoms with E-state index in [9.17, 15) is 0 Å². The molecule has 6 nitrogen and oxygen atoms in total. The summed E-state index contributed by atoms with van der Waals surface area (Å²) in [5.74, 6) is 1.98. The molecule has 3 N–H and O–H groups in total. The fourth-order valence-electron chi connectivity index (χ4n) is 2.43. The molecule has 122 valence electrons. The van der Waals surface area contributed by atoms with Crippen molar-refractivity contribution in [2.75, 3.05) is 26.3 Å². The van der Waals surface area contributed by atoms with Crippen LogP contribution in [0.15, 0.2) is 29.3 Å². The Morgan fingerprint density at radius 3 is 2.86 bits per heavy atom. The van der Waals surface area contributed by atoms with E-state index in [1.54, 1.807) is 0 Å². The van der Waals surface area contributed by atoms with Crippen LogP contribution in [-0.2, 0) is 4.74 Å². The van der Waals surface area contributed by atoms with Crippen LogP contribution >= 0.6 is 17.0 Å². The first kappa shape index (κ1) is 16.9. The van der Waals surface area contributed by atoms with Crippen molar-refractivity contribution in [1.82, 2.24) is 5.32 Å². The smallest absolute Gasteiger partial charge is 0.188 e. The van der Waals surface area contributed by atoms with E-state index in [1.165, 1.54) is 0 Å². The molecule has 0 aromatic heterocycles. The summed E-state index contributed by atoms with van der Waals surface area (Å²) in [5.41, 5.74) is 5.85. The van der Waals surface area contributed by atoms with E-state index in [0.717, 1.165) is 30.9 Å². The fourth-order valence-corrected chi connectivity index (χ4v) is 2.43. The first-order valence-corrected chi connectivity index (χ1v) is 7.35. The Morgan fingerprint density at radius 2 is 2.09 bits per heavy atom. The van der Waals surface area contributed by atoms with Crippen molar-refractivity contribution in [2.45, 2.75) is 25.0 Å². The molecule has 0 spiro atoms. The Kier molecular flexibility index (Phi) is 6.33. The van der Waals surface area contributed by atoms with Crippen molar-refractivity contribution in [3.63, 3.8) is 0 Å². The van der Waals surface area contributed by atoms with Crippen LogP contribution in [0.4, 0.5) is 0 Å². The van der Waals surface area contributed by atoms with Crippen LogP contribution < -0.4 is 20.5 Å². The maximum Gasteiger partial charge on any atom is 0.188 e. The molecule has 2 aliphatic heterocycles. The third kappa shape index (κ3) is 4.51. The number of aliphatic imine (C=N–C) groups is 1. The van der Waals surface area contributed by atoms with E-state index in [-0.39, 0.29) is 29.2 Å². The minimum atomic E-state index is -0.0728. The summed E-state index contributed by atoms with van der Waals surface area (Å²) < 4.78 is 17.0. The second kappa shape index (κ2) is 8.24. The number of fused-ring (bicyclic) bond motifs is 1. The summed E-state index contributed by atoms with van der Waals surface area (Å²) in [4.78, 5) is 4.30. The van der Waals surface area contributed by atoms with Gasteiger partial charge in [0.2, 0.25) is 0 Å². The lowest BCUT2D eigenvalue weighted by Gasteiger charge is -2.26. The molecule has 0 radical (unpaired) electrons. The summed E-state index contributed by atoms with van der Waals surface area (Å²) in [6, 6.07) is 7.65. The maximum atomic E-state index is 5.85. The lowest BCUT2D eigenvalue weighted by molar-refractivity contribution is 0.0936. The van der Waals surface area contributed by atoms with Crippen LogP contribution in [0.3, 0.4) is 0 Å². The molecule has 1 fully saturated rings. The molecule has 3 rings (SSSR count). The summed E-state index contributed by atoms with van der Waals surface area (Å²) in [6.45, 7) is 2.52. The van der Waals surface area contributed by atoms with Gasteiger partial charge in [0.25, 0.3) is 0 Å². The monoisotopic (exact) mass is 371 g/mol. The van der Waals surface area contributed by atoms with E-state index >= 15 is 0 Å². The van der Waals surface area contributed by atoms with Crippen LogP contribution in [0.5, 0.6) is 11.5 Å². The SMILES string of the molecule is Br.NC(=NCC1CCCO1)NCC1COc2ccccc2O1. The molecule has 2 aliphatic rings. The minimum absolute atomic E-state index is 0. The predicted octanol–water partition coefficient (Wildman–Crippen LogP) is 1.49. The number of rotatable bonds is 4. The van der Waals surface area contributed by atoms with Crippen molar-refractivity contribution in [2.24, 2.45) is 10.7 Å². The average Bonchev–Trinajstić information content (AvgIpc) is 3.04. The fraction of sp³-hybridized carbons (Fsp3) is 0.533. The molecule has 0 saturated carbocycles. The third-order valence-electron chi connectivity index (χ3n) is 3.57. The van der Waals surface area contributed by atoms with E-state index in [0.29, 0.717) is 25.7 Å². The summed E-state index contributed by atoms with van der Waals surface area (Å²) in [5, 5.41) is 3.07. The minimum Gasteiger partial charge on any atom is -0.486 e. The molecule has 2 heterocycles. The van der Waals surface area contributed by atoms with Crippen molar-refractivity contribution in [3.05, 3.63) is 24.3 Å². The normalized spacial score (nSPS) is 23.7. The number of para-hydroxylation sites is 2. The quantitative estimate of drug-likeness (QED) is 0.619. The van der Waals surface area contributed by atoms with E-state index in [2.05, 4.69) is 10.3 Å². The molecular weight excluding hydrogens is 350 g/mol. The Labute approximate surface area is 140 Å². The number of nitrogens with two attached hydrogens (primary N) is 1. The van der Waals surface area contributed by atoms with Gasteiger partial charge in [-0.3, -0.25) is 4.99 Å². The summed E-state index contributed by atoms with van der Waals surface area (Å²) >= 11 is 0. The lowest BCUT2D eigenvalue weighted by Crippen LogP contribution is -2.43. The largest absolute Gasteiger partial charge is 0.486 e. The van der Waals surface area contributed by atoms with Gasteiger partial charge in [0.1, 0.15) is 12.7 Å². The number of hydrogen-bond acceptors (Lipinski definition) is 4. The number of benzene rings is 1. The highest BCUT2D eigenvalue weighted by atomic mass is 79.9. The first-order valence-electron chi connectivity index (χ1n) is 7.35. The van der Waals surface area contributed by atoms with Gasteiger partial charge in [0.05, 0.1) is 19.2 Å². The zero-order valence-electron chi connectivity index (χ0n) is 12.4. The Morgan fingerprint density at radius 1 is 1.27 bits per heavy atom. The molecule has 2 unspecified atom stereocenters. The Hall–Kier alpha value is -1.47. The molecule has 0 amide bonds. The van der Waals surface area contributed by atoms with Crippen LogP contribution in [0.1, 0.15) is 12.8 Å². The van der Waals surface area contributed by atoms with Crippen LogP contribution in [-0.4, -0.2) is 44.5 Å². The number of ether oxygens (including phenoxy) is 3. The van der Waals surface area contributed by atoms with Crippen molar-refractivity contribution >= 4 is 22.9 Å². The lowest BCUT2D eigenvalue weighted by atomic mass is 10.2. The summed E-state index contributed by atoms with van der Waals surface area (Å²) in [6.07, 6.45) is 2.32. The molecular formula is C15H22BrN3O3. The van der Waals surface area contributed by atoms with E-state index in [1.807, 2.05) is 24.3 Å². The highest BCUT2D eigenvalue weighted by Gasteiger charge is 2.20. The van der Waals surface area contributed by atoms with Gasteiger partial charge in [-0.15, -0.1) is 17.0 Å². The zero-order chi connectivity index (χ0) is 14.5. The predicted molar refractivity (Wildman–Crippen MR) is 90.1 cm³/mol. The number of guanidine groups is 1. The number of hydrogen-bond donors (Lipinski definition) is 2. The van der Waals surface area contributed by atoms with Gasteiger partial charge in [-0.2, -0.15) is 0 Å². The highest BCUT2D eigenvalue weighted by Crippen LogP contribution is 2.30. The van der Waals surface area contributed by atoms with Crippen LogP contribution in [0.2, 0.25) is 0 Å².